The Morgan fingerprint density at radius 2 is 1.92 bits per heavy atom. The van der Waals surface area contributed by atoms with Gasteiger partial charge in [0.25, 0.3) is 0 Å². The van der Waals surface area contributed by atoms with Crippen molar-refractivity contribution in [3.63, 3.8) is 0 Å². The van der Waals surface area contributed by atoms with Crippen molar-refractivity contribution in [3.8, 4) is 0 Å². The van der Waals surface area contributed by atoms with Gasteiger partial charge in [0, 0.05) is 20.6 Å². The highest BCUT2D eigenvalue weighted by molar-refractivity contribution is 5.70. The molecular formula is C8H17NO4. The molecule has 0 bridgehead atoms. The molecule has 78 valence electrons. The van der Waals surface area contributed by atoms with Gasteiger partial charge in [0.2, 0.25) is 0 Å². The molecule has 0 amide bonds. The molecule has 0 aromatic heterocycles. The summed E-state index contributed by atoms with van der Waals surface area (Å²) in [7, 11) is 2.98. The van der Waals surface area contributed by atoms with E-state index in [0.29, 0.717) is 6.42 Å². The van der Waals surface area contributed by atoms with E-state index in [-0.39, 0.29) is 6.42 Å². The number of hydrogen-bond donors (Lipinski definition) is 1. The van der Waals surface area contributed by atoms with Crippen molar-refractivity contribution in [1.29, 1.82) is 0 Å². The third kappa shape index (κ3) is 3.71. The maximum Gasteiger partial charge on any atom is 0.329 e. The molecule has 0 saturated heterocycles. The number of hydrogen-bond acceptors (Lipinski definition) is 5. The van der Waals surface area contributed by atoms with Crippen molar-refractivity contribution in [1.82, 2.24) is 0 Å². The van der Waals surface area contributed by atoms with E-state index in [2.05, 4.69) is 4.84 Å². The first kappa shape index (κ1) is 12.3. The molecule has 0 radical (unpaired) electrons. The number of nitrogens with two attached hydrogens (primary N) is 1. The first-order valence-electron chi connectivity index (χ1n) is 4.14. The Hall–Kier alpha value is -0.650. The van der Waals surface area contributed by atoms with Gasteiger partial charge in [0.1, 0.15) is 6.42 Å². The lowest BCUT2D eigenvalue weighted by Crippen LogP contribution is -2.37. The minimum Gasteiger partial charge on any atom is -0.373 e. The number of methoxy groups -OCH3 is 2. The summed E-state index contributed by atoms with van der Waals surface area (Å²) < 4.78 is 10.2. The summed E-state index contributed by atoms with van der Waals surface area (Å²) in [6.07, 6.45) is 1.47. The van der Waals surface area contributed by atoms with Crippen LogP contribution >= 0.6 is 0 Å². The van der Waals surface area contributed by atoms with E-state index in [9.17, 15) is 4.79 Å². The van der Waals surface area contributed by atoms with Gasteiger partial charge in [-0.25, -0.2) is 0 Å². The highest BCUT2D eigenvalue weighted by Gasteiger charge is 2.32. The normalized spacial score (nSPS) is 11.4. The summed E-state index contributed by atoms with van der Waals surface area (Å²) in [5.74, 6) is 3.28. The summed E-state index contributed by atoms with van der Waals surface area (Å²) in [6, 6.07) is 0. The van der Waals surface area contributed by atoms with E-state index in [1.807, 2.05) is 6.92 Å². The number of ether oxygens (including phenoxy) is 2. The van der Waals surface area contributed by atoms with Gasteiger partial charge in [-0.1, -0.05) is 13.3 Å². The van der Waals surface area contributed by atoms with Crippen molar-refractivity contribution in [2.45, 2.75) is 32.0 Å². The summed E-state index contributed by atoms with van der Waals surface area (Å²) in [4.78, 5) is 15.0. The zero-order chi connectivity index (χ0) is 10.3. The van der Waals surface area contributed by atoms with Crippen LogP contribution in [0.3, 0.4) is 0 Å². The van der Waals surface area contributed by atoms with Crippen LogP contribution < -0.4 is 5.90 Å². The van der Waals surface area contributed by atoms with E-state index in [1.54, 1.807) is 0 Å². The first-order chi connectivity index (χ1) is 6.14. The quantitative estimate of drug-likeness (QED) is 0.491. The van der Waals surface area contributed by atoms with Crippen molar-refractivity contribution >= 4 is 5.97 Å². The minimum absolute atomic E-state index is 0.00431. The standard InChI is InChI=1S/C8H17NO4/c1-4-5-8(11-2,12-3)6-7(10)13-9/h4-6,9H2,1-3H3. The highest BCUT2D eigenvalue weighted by Crippen LogP contribution is 2.22. The Morgan fingerprint density at radius 3 is 2.23 bits per heavy atom. The molecule has 0 aromatic carbocycles. The van der Waals surface area contributed by atoms with Gasteiger partial charge >= 0.3 is 5.97 Å². The molecule has 0 heterocycles. The zero-order valence-electron chi connectivity index (χ0n) is 8.33. The van der Waals surface area contributed by atoms with Gasteiger partial charge < -0.3 is 14.3 Å². The van der Waals surface area contributed by atoms with E-state index < -0.39 is 11.8 Å². The highest BCUT2D eigenvalue weighted by atomic mass is 16.7. The van der Waals surface area contributed by atoms with Crippen LogP contribution in [0.15, 0.2) is 0 Å². The monoisotopic (exact) mass is 191 g/mol. The summed E-state index contributed by atoms with van der Waals surface area (Å²) in [5.41, 5.74) is 0. The first-order valence-corrected chi connectivity index (χ1v) is 4.14. The molecule has 0 atom stereocenters. The molecule has 0 spiro atoms. The Morgan fingerprint density at radius 1 is 1.38 bits per heavy atom. The molecule has 0 saturated carbocycles. The fourth-order valence-corrected chi connectivity index (χ4v) is 1.16. The average molecular weight is 191 g/mol. The summed E-state index contributed by atoms with van der Waals surface area (Å²) >= 11 is 0. The average Bonchev–Trinajstić information content (AvgIpc) is 2.17. The van der Waals surface area contributed by atoms with Crippen LogP contribution in [0.4, 0.5) is 0 Å². The van der Waals surface area contributed by atoms with Crippen LogP contribution in [0, 0.1) is 0 Å². The molecule has 0 aliphatic carbocycles. The lowest BCUT2D eigenvalue weighted by atomic mass is 10.1. The van der Waals surface area contributed by atoms with Crippen molar-refractivity contribution < 1.29 is 19.1 Å². The fourth-order valence-electron chi connectivity index (χ4n) is 1.16. The predicted octanol–water partition coefficient (Wildman–Crippen LogP) is 0.583. The van der Waals surface area contributed by atoms with Crippen LogP contribution in [0.5, 0.6) is 0 Å². The summed E-state index contributed by atoms with van der Waals surface area (Å²) in [6.45, 7) is 1.97. The minimum atomic E-state index is -0.898. The zero-order valence-corrected chi connectivity index (χ0v) is 8.33. The molecule has 5 heteroatoms. The van der Waals surface area contributed by atoms with Crippen molar-refractivity contribution in [2.75, 3.05) is 14.2 Å². The van der Waals surface area contributed by atoms with Gasteiger partial charge in [-0.05, 0) is 0 Å². The Labute approximate surface area is 78.1 Å². The molecule has 13 heavy (non-hydrogen) atoms. The molecule has 0 aliphatic heterocycles. The number of carbonyl (C=O) groups is 1. The number of rotatable bonds is 6. The van der Waals surface area contributed by atoms with E-state index in [1.165, 1.54) is 14.2 Å². The Kier molecular flexibility index (Phi) is 5.61. The SMILES string of the molecule is CCCC(CC(=O)ON)(OC)OC. The molecule has 0 unspecified atom stereocenters. The van der Waals surface area contributed by atoms with Gasteiger partial charge in [-0.2, -0.15) is 5.90 Å². The van der Waals surface area contributed by atoms with Crippen LogP contribution in [0.1, 0.15) is 26.2 Å². The molecule has 0 aliphatic rings. The second kappa shape index (κ2) is 5.90. The lowest BCUT2D eigenvalue weighted by Gasteiger charge is -2.29. The predicted molar refractivity (Wildman–Crippen MR) is 46.6 cm³/mol. The van der Waals surface area contributed by atoms with Gasteiger partial charge in [-0.15, -0.1) is 0 Å². The fraction of sp³-hybridized carbons (Fsp3) is 0.875. The van der Waals surface area contributed by atoms with E-state index >= 15 is 0 Å². The second-order valence-electron chi connectivity index (χ2n) is 2.74. The molecule has 0 rings (SSSR count). The molecule has 0 fully saturated rings. The van der Waals surface area contributed by atoms with Crippen LogP contribution in [-0.2, 0) is 19.1 Å². The van der Waals surface area contributed by atoms with E-state index in [0.717, 1.165) is 6.42 Å². The third-order valence-electron chi connectivity index (χ3n) is 1.92. The topological polar surface area (TPSA) is 70.8 Å². The summed E-state index contributed by atoms with van der Waals surface area (Å²) in [5, 5.41) is 0. The Bertz CT molecular complexity index is 156. The maximum atomic E-state index is 10.9. The number of carbonyl (C=O) groups excluding carboxylic acids is 1. The van der Waals surface area contributed by atoms with Crippen LogP contribution in [0.25, 0.3) is 0 Å². The Balaban J connectivity index is 4.28. The second-order valence-corrected chi connectivity index (χ2v) is 2.74. The van der Waals surface area contributed by atoms with E-state index in [4.69, 9.17) is 15.4 Å². The molecule has 2 N–H and O–H groups in total. The smallest absolute Gasteiger partial charge is 0.329 e. The van der Waals surface area contributed by atoms with Crippen molar-refractivity contribution in [3.05, 3.63) is 0 Å². The molecule has 0 aromatic rings. The van der Waals surface area contributed by atoms with Gasteiger partial charge in [-0.3, -0.25) is 4.79 Å². The molecule has 5 nitrogen and oxygen atoms in total. The maximum absolute atomic E-state index is 10.9. The lowest BCUT2D eigenvalue weighted by molar-refractivity contribution is -0.220. The molecular weight excluding hydrogens is 174 g/mol. The largest absolute Gasteiger partial charge is 0.373 e. The van der Waals surface area contributed by atoms with Crippen LogP contribution in [0.2, 0.25) is 0 Å². The van der Waals surface area contributed by atoms with Gasteiger partial charge in [0.05, 0.1) is 0 Å². The third-order valence-corrected chi connectivity index (χ3v) is 1.92. The van der Waals surface area contributed by atoms with Crippen molar-refractivity contribution in [2.24, 2.45) is 5.90 Å². The van der Waals surface area contributed by atoms with Crippen LogP contribution in [-0.4, -0.2) is 26.0 Å². The van der Waals surface area contributed by atoms with Gasteiger partial charge in [0.15, 0.2) is 5.79 Å².